The van der Waals surface area contributed by atoms with Crippen LogP contribution in [0.4, 0.5) is 0 Å². The molecule has 11 heavy (non-hydrogen) atoms. The van der Waals surface area contributed by atoms with Crippen molar-refractivity contribution < 1.29 is 0 Å². The van der Waals surface area contributed by atoms with Crippen LogP contribution < -0.4 is 5.73 Å². The molecule has 0 unspecified atom stereocenters. The van der Waals surface area contributed by atoms with Gasteiger partial charge in [0.25, 0.3) is 0 Å². The smallest absolute Gasteiger partial charge is 0.0692 e. The van der Waals surface area contributed by atoms with Gasteiger partial charge in [0.05, 0.1) is 21.9 Å². The molecule has 1 aliphatic rings. The molecule has 0 atom stereocenters. The number of hydrogen-bond acceptors (Lipinski definition) is 2. The van der Waals surface area contributed by atoms with E-state index < -0.39 is 0 Å². The number of hydrogen-bond donors (Lipinski definition) is 2. The Hall–Kier alpha value is -0.350. The van der Waals surface area contributed by atoms with Crippen LogP contribution in [0.1, 0.15) is 25.0 Å². The maximum absolute atomic E-state index is 6.07. The van der Waals surface area contributed by atoms with E-state index in [1.807, 2.05) is 0 Å². The van der Waals surface area contributed by atoms with Gasteiger partial charge in [-0.3, -0.25) is 5.10 Å². The number of nitrogens with one attached hydrogen (secondary N) is 1. The zero-order valence-corrected chi connectivity index (χ0v) is 7.69. The number of aromatic nitrogens is 2. The van der Waals surface area contributed by atoms with E-state index in [2.05, 4.69) is 26.1 Å². The molecular weight excluding hydrogens is 206 g/mol. The van der Waals surface area contributed by atoms with Crippen molar-refractivity contribution >= 4 is 15.9 Å². The number of nitrogens with zero attached hydrogens (tertiary/aromatic N) is 1. The lowest BCUT2D eigenvalue weighted by atomic mass is 9.75. The number of halogens is 1. The predicted octanol–water partition coefficient (Wildman–Crippen LogP) is 1.51. The van der Waals surface area contributed by atoms with E-state index in [9.17, 15) is 0 Å². The molecule has 2 rings (SSSR count). The van der Waals surface area contributed by atoms with Crippen molar-refractivity contribution in [3.8, 4) is 0 Å². The number of aromatic amines is 1. The van der Waals surface area contributed by atoms with E-state index in [0.717, 1.165) is 23.0 Å². The van der Waals surface area contributed by atoms with Crippen LogP contribution in [-0.4, -0.2) is 10.2 Å². The highest BCUT2D eigenvalue weighted by Crippen LogP contribution is 2.40. The summed E-state index contributed by atoms with van der Waals surface area (Å²) in [7, 11) is 0. The van der Waals surface area contributed by atoms with E-state index in [1.165, 1.54) is 6.42 Å². The number of nitrogens with two attached hydrogens (primary N) is 1. The van der Waals surface area contributed by atoms with Crippen LogP contribution in [0, 0.1) is 0 Å². The predicted molar refractivity (Wildman–Crippen MR) is 46.0 cm³/mol. The first-order valence-corrected chi connectivity index (χ1v) is 4.50. The molecule has 0 amide bonds. The van der Waals surface area contributed by atoms with Gasteiger partial charge in [-0.15, -0.1) is 0 Å². The van der Waals surface area contributed by atoms with Crippen LogP contribution in [0.5, 0.6) is 0 Å². The molecule has 0 radical (unpaired) electrons. The topological polar surface area (TPSA) is 54.7 Å². The molecule has 0 aliphatic heterocycles. The second-order valence-electron chi connectivity index (χ2n) is 3.10. The Bertz CT molecular complexity index is 264. The fourth-order valence-electron chi connectivity index (χ4n) is 1.43. The van der Waals surface area contributed by atoms with E-state index in [-0.39, 0.29) is 5.54 Å². The zero-order valence-electron chi connectivity index (χ0n) is 6.10. The first-order chi connectivity index (χ1) is 5.22. The SMILES string of the molecule is NC1(c2[nH]ncc2Br)CCC1. The summed E-state index contributed by atoms with van der Waals surface area (Å²) >= 11 is 3.40. The molecule has 0 aromatic carbocycles. The Morgan fingerprint density at radius 3 is 2.73 bits per heavy atom. The monoisotopic (exact) mass is 215 g/mol. The first kappa shape index (κ1) is 7.31. The summed E-state index contributed by atoms with van der Waals surface area (Å²) in [6.07, 6.45) is 5.10. The van der Waals surface area contributed by atoms with Crippen LogP contribution in [0.25, 0.3) is 0 Å². The van der Waals surface area contributed by atoms with E-state index in [1.54, 1.807) is 6.20 Å². The highest BCUT2D eigenvalue weighted by Gasteiger charge is 2.37. The molecule has 1 aromatic heterocycles. The van der Waals surface area contributed by atoms with E-state index in [4.69, 9.17) is 5.73 Å². The Labute approximate surface area is 73.5 Å². The quantitative estimate of drug-likeness (QED) is 0.747. The van der Waals surface area contributed by atoms with Gasteiger partial charge in [0.15, 0.2) is 0 Å². The average Bonchev–Trinajstić information content (AvgIpc) is 2.30. The second kappa shape index (κ2) is 2.32. The van der Waals surface area contributed by atoms with Gasteiger partial charge in [0.2, 0.25) is 0 Å². The van der Waals surface area contributed by atoms with Crippen LogP contribution >= 0.6 is 15.9 Å². The van der Waals surface area contributed by atoms with Crippen molar-refractivity contribution in [2.75, 3.05) is 0 Å². The lowest BCUT2D eigenvalue weighted by molar-refractivity contribution is 0.245. The van der Waals surface area contributed by atoms with E-state index >= 15 is 0 Å². The lowest BCUT2D eigenvalue weighted by Crippen LogP contribution is -2.43. The minimum Gasteiger partial charge on any atom is -0.320 e. The normalized spacial score (nSPS) is 21.3. The standard InChI is InChI=1S/C7H10BrN3/c8-5-4-10-11-6(5)7(9)2-1-3-7/h4H,1-3,9H2,(H,10,11). The van der Waals surface area contributed by atoms with Crippen LogP contribution in [0.15, 0.2) is 10.7 Å². The van der Waals surface area contributed by atoms with Gasteiger partial charge in [-0.1, -0.05) is 0 Å². The van der Waals surface area contributed by atoms with Gasteiger partial charge in [-0.25, -0.2) is 0 Å². The van der Waals surface area contributed by atoms with Crippen molar-refractivity contribution in [1.29, 1.82) is 0 Å². The fourth-order valence-corrected chi connectivity index (χ4v) is 2.01. The van der Waals surface area contributed by atoms with Gasteiger partial charge >= 0.3 is 0 Å². The van der Waals surface area contributed by atoms with Crippen LogP contribution in [0.2, 0.25) is 0 Å². The molecule has 1 fully saturated rings. The summed E-state index contributed by atoms with van der Waals surface area (Å²) in [5.41, 5.74) is 6.98. The first-order valence-electron chi connectivity index (χ1n) is 3.71. The van der Waals surface area contributed by atoms with Gasteiger partial charge in [-0.2, -0.15) is 5.10 Å². The third-order valence-corrected chi connectivity index (χ3v) is 2.94. The Balaban J connectivity index is 2.35. The van der Waals surface area contributed by atoms with Crippen molar-refractivity contribution in [2.24, 2.45) is 5.73 Å². The number of rotatable bonds is 1. The maximum Gasteiger partial charge on any atom is 0.0692 e. The highest BCUT2D eigenvalue weighted by molar-refractivity contribution is 9.10. The van der Waals surface area contributed by atoms with Crippen LogP contribution in [-0.2, 0) is 5.54 Å². The van der Waals surface area contributed by atoms with Crippen molar-refractivity contribution in [1.82, 2.24) is 10.2 Å². The minimum atomic E-state index is -0.130. The van der Waals surface area contributed by atoms with Crippen molar-refractivity contribution in [2.45, 2.75) is 24.8 Å². The van der Waals surface area contributed by atoms with Gasteiger partial charge in [-0.05, 0) is 35.2 Å². The van der Waals surface area contributed by atoms with Crippen molar-refractivity contribution in [3.05, 3.63) is 16.4 Å². The minimum absolute atomic E-state index is 0.130. The maximum atomic E-state index is 6.07. The molecule has 1 aliphatic carbocycles. The Morgan fingerprint density at radius 1 is 1.64 bits per heavy atom. The molecule has 4 heteroatoms. The number of H-pyrrole nitrogens is 1. The van der Waals surface area contributed by atoms with Gasteiger partial charge in [0.1, 0.15) is 0 Å². The molecule has 3 N–H and O–H groups in total. The summed E-state index contributed by atoms with van der Waals surface area (Å²) in [6, 6.07) is 0. The highest BCUT2D eigenvalue weighted by atomic mass is 79.9. The fraction of sp³-hybridized carbons (Fsp3) is 0.571. The molecular formula is C7H10BrN3. The molecule has 0 spiro atoms. The lowest BCUT2D eigenvalue weighted by Gasteiger charge is -2.37. The Kier molecular flexibility index (Phi) is 1.54. The molecule has 1 aromatic rings. The van der Waals surface area contributed by atoms with Crippen LogP contribution in [0.3, 0.4) is 0 Å². The zero-order chi connectivity index (χ0) is 7.90. The summed E-state index contributed by atoms with van der Waals surface area (Å²) in [6.45, 7) is 0. The third-order valence-electron chi connectivity index (χ3n) is 2.34. The summed E-state index contributed by atoms with van der Waals surface area (Å²) in [4.78, 5) is 0. The molecule has 1 heterocycles. The summed E-state index contributed by atoms with van der Waals surface area (Å²) in [5, 5.41) is 6.84. The van der Waals surface area contributed by atoms with Gasteiger partial charge in [0, 0.05) is 0 Å². The molecule has 0 saturated heterocycles. The molecule has 1 saturated carbocycles. The Morgan fingerprint density at radius 2 is 2.36 bits per heavy atom. The average molecular weight is 216 g/mol. The van der Waals surface area contributed by atoms with Gasteiger partial charge < -0.3 is 5.73 Å². The molecule has 60 valence electrons. The molecule has 0 bridgehead atoms. The largest absolute Gasteiger partial charge is 0.320 e. The second-order valence-corrected chi connectivity index (χ2v) is 3.96. The molecule has 3 nitrogen and oxygen atoms in total. The summed E-state index contributed by atoms with van der Waals surface area (Å²) < 4.78 is 1.000. The van der Waals surface area contributed by atoms with Crippen molar-refractivity contribution in [3.63, 3.8) is 0 Å². The van der Waals surface area contributed by atoms with E-state index in [0.29, 0.717) is 0 Å². The third kappa shape index (κ3) is 1.01. The summed E-state index contributed by atoms with van der Waals surface area (Å²) in [5.74, 6) is 0.